The molecule has 1 heterocycles. The maximum Gasteiger partial charge on any atom is 0.303 e. The van der Waals surface area contributed by atoms with E-state index in [1.807, 2.05) is 24.0 Å². The second-order valence-electron chi connectivity index (χ2n) is 4.76. The minimum atomic E-state index is -0.829. The Morgan fingerprint density at radius 1 is 1.50 bits per heavy atom. The number of hydrogen-bond acceptors (Lipinski definition) is 4. The normalized spacial score (nSPS) is 16.9. The van der Waals surface area contributed by atoms with Crippen LogP contribution in [0.1, 0.15) is 25.3 Å². The van der Waals surface area contributed by atoms with Crippen LogP contribution in [0.2, 0.25) is 0 Å². The summed E-state index contributed by atoms with van der Waals surface area (Å²) in [6.07, 6.45) is 4.27. The molecule has 2 rings (SSSR count). The second kappa shape index (κ2) is 5.73. The van der Waals surface area contributed by atoms with Gasteiger partial charge in [0.1, 0.15) is 0 Å². The van der Waals surface area contributed by atoms with Crippen LogP contribution in [0.4, 0.5) is 11.4 Å². The molecule has 0 amide bonds. The minimum Gasteiger partial charge on any atom is -0.481 e. The van der Waals surface area contributed by atoms with E-state index in [1.165, 1.54) is 6.07 Å². The molecule has 0 spiro atoms. The Morgan fingerprint density at radius 2 is 2.25 bits per heavy atom. The molecule has 106 valence electrons. The Bertz CT molecular complexity index is 568. The second-order valence-corrected chi connectivity index (χ2v) is 4.76. The van der Waals surface area contributed by atoms with E-state index in [9.17, 15) is 14.9 Å². The minimum absolute atomic E-state index is 0.0777. The Morgan fingerprint density at radius 3 is 2.90 bits per heavy atom. The fourth-order valence-electron chi connectivity index (χ4n) is 2.41. The molecule has 0 radical (unpaired) electrons. The summed E-state index contributed by atoms with van der Waals surface area (Å²) in [6, 6.07) is 5.07. The first-order valence-electron chi connectivity index (χ1n) is 6.44. The van der Waals surface area contributed by atoms with E-state index >= 15 is 0 Å². The highest BCUT2D eigenvalue weighted by molar-refractivity contribution is 5.78. The number of nitro groups is 1. The van der Waals surface area contributed by atoms with Crippen LogP contribution in [0.15, 0.2) is 24.3 Å². The number of aliphatic carboxylic acids is 1. The lowest BCUT2D eigenvalue weighted by atomic mass is 10.0. The topological polar surface area (TPSA) is 83.7 Å². The molecule has 1 N–H and O–H groups in total. The van der Waals surface area contributed by atoms with Crippen LogP contribution in [0.25, 0.3) is 6.08 Å². The van der Waals surface area contributed by atoms with Crippen molar-refractivity contribution in [2.75, 3.05) is 11.4 Å². The Hall–Kier alpha value is -2.37. The van der Waals surface area contributed by atoms with Gasteiger partial charge in [-0.15, -0.1) is 0 Å². The molecule has 1 aromatic carbocycles. The first-order chi connectivity index (χ1) is 9.50. The van der Waals surface area contributed by atoms with Gasteiger partial charge < -0.3 is 10.0 Å². The zero-order valence-corrected chi connectivity index (χ0v) is 11.2. The van der Waals surface area contributed by atoms with E-state index in [1.54, 1.807) is 12.1 Å². The van der Waals surface area contributed by atoms with Gasteiger partial charge in [-0.3, -0.25) is 14.9 Å². The number of carboxylic acid groups (broad SMARTS) is 1. The van der Waals surface area contributed by atoms with Gasteiger partial charge in [-0.2, -0.15) is 0 Å². The molecule has 0 aromatic heterocycles. The van der Waals surface area contributed by atoms with Crippen molar-refractivity contribution in [3.05, 3.63) is 40.0 Å². The van der Waals surface area contributed by atoms with Gasteiger partial charge in [-0.05, 0) is 25.5 Å². The fraction of sp³-hybridized carbons (Fsp3) is 0.357. The van der Waals surface area contributed by atoms with Crippen molar-refractivity contribution in [2.24, 2.45) is 0 Å². The number of nitrogens with zero attached hydrogens (tertiary/aromatic N) is 2. The first kappa shape index (κ1) is 14.0. The van der Waals surface area contributed by atoms with Gasteiger partial charge in [0, 0.05) is 25.1 Å². The third kappa shape index (κ3) is 2.79. The third-order valence-corrected chi connectivity index (χ3v) is 3.39. The molecule has 0 fully saturated rings. The number of hydrogen-bond donors (Lipinski definition) is 1. The number of nitro benzene ring substituents is 1. The van der Waals surface area contributed by atoms with Crippen LogP contribution in [-0.4, -0.2) is 28.6 Å². The number of carboxylic acids is 1. The van der Waals surface area contributed by atoms with Crippen molar-refractivity contribution < 1.29 is 14.8 Å². The van der Waals surface area contributed by atoms with Crippen molar-refractivity contribution in [2.45, 2.75) is 25.8 Å². The van der Waals surface area contributed by atoms with Crippen molar-refractivity contribution in [3.8, 4) is 0 Å². The van der Waals surface area contributed by atoms with Crippen LogP contribution in [-0.2, 0) is 4.79 Å². The molecule has 6 heteroatoms. The van der Waals surface area contributed by atoms with E-state index in [0.717, 1.165) is 5.69 Å². The number of rotatable bonds is 5. The van der Waals surface area contributed by atoms with Gasteiger partial charge in [-0.1, -0.05) is 12.1 Å². The largest absolute Gasteiger partial charge is 0.481 e. The lowest BCUT2D eigenvalue weighted by Gasteiger charge is -2.33. The third-order valence-electron chi connectivity index (χ3n) is 3.39. The van der Waals surface area contributed by atoms with Crippen molar-refractivity contribution in [3.63, 3.8) is 0 Å². The molecule has 0 saturated heterocycles. The average Bonchev–Trinajstić information content (AvgIpc) is 2.40. The highest BCUT2D eigenvalue weighted by atomic mass is 16.6. The van der Waals surface area contributed by atoms with E-state index in [-0.39, 0.29) is 18.2 Å². The molecular weight excluding hydrogens is 260 g/mol. The average molecular weight is 276 g/mol. The molecule has 0 bridgehead atoms. The molecule has 6 nitrogen and oxygen atoms in total. The van der Waals surface area contributed by atoms with Gasteiger partial charge in [0.05, 0.1) is 16.2 Å². The summed E-state index contributed by atoms with van der Waals surface area (Å²) in [7, 11) is 0. The highest BCUT2D eigenvalue weighted by Crippen LogP contribution is 2.35. The smallest absolute Gasteiger partial charge is 0.303 e. The van der Waals surface area contributed by atoms with Gasteiger partial charge in [0.15, 0.2) is 0 Å². The molecular formula is C14H16N2O4. The molecule has 1 unspecified atom stereocenters. The zero-order chi connectivity index (χ0) is 14.7. The quantitative estimate of drug-likeness (QED) is 0.660. The Labute approximate surface area is 116 Å². The molecule has 1 aliphatic heterocycles. The van der Waals surface area contributed by atoms with Crippen molar-refractivity contribution >= 4 is 23.4 Å². The number of carbonyl (C=O) groups is 1. The van der Waals surface area contributed by atoms with Crippen LogP contribution in [0, 0.1) is 10.1 Å². The fourth-order valence-corrected chi connectivity index (χ4v) is 2.41. The standard InChI is InChI=1S/C14H16N2O4/c1-10-7-8-11-12(4-2-5-13(11)16(19)20)15(10)9-3-6-14(17)18/h2,4-5,7-8,10H,3,6,9H2,1H3,(H,17,18). The molecule has 0 saturated carbocycles. The maximum atomic E-state index is 11.0. The lowest BCUT2D eigenvalue weighted by molar-refractivity contribution is -0.385. The first-order valence-corrected chi connectivity index (χ1v) is 6.44. The summed E-state index contributed by atoms with van der Waals surface area (Å²) in [5.74, 6) is -0.829. The summed E-state index contributed by atoms with van der Waals surface area (Å²) in [6.45, 7) is 2.55. The molecule has 1 aromatic rings. The number of benzene rings is 1. The number of anilines is 1. The molecule has 0 aliphatic carbocycles. The van der Waals surface area contributed by atoms with Gasteiger partial charge in [-0.25, -0.2) is 0 Å². The van der Waals surface area contributed by atoms with Crippen LogP contribution in [0.5, 0.6) is 0 Å². The molecule has 1 aliphatic rings. The summed E-state index contributed by atoms with van der Waals surface area (Å²) >= 11 is 0. The summed E-state index contributed by atoms with van der Waals surface area (Å²) in [5.41, 5.74) is 1.46. The Kier molecular flexibility index (Phi) is 4.02. The predicted molar refractivity (Wildman–Crippen MR) is 75.8 cm³/mol. The summed E-state index contributed by atoms with van der Waals surface area (Å²) in [5, 5.41) is 19.7. The van der Waals surface area contributed by atoms with E-state index in [2.05, 4.69) is 0 Å². The molecule has 1 atom stereocenters. The molecule has 20 heavy (non-hydrogen) atoms. The van der Waals surface area contributed by atoms with Crippen LogP contribution in [0.3, 0.4) is 0 Å². The van der Waals surface area contributed by atoms with E-state index in [0.29, 0.717) is 18.5 Å². The number of fused-ring (bicyclic) bond motifs is 1. The van der Waals surface area contributed by atoms with Crippen LogP contribution >= 0.6 is 0 Å². The Balaban J connectivity index is 2.28. The van der Waals surface area contributed by atoms with E-state index in [4.69, 9.17) is 5.11 Å². The van der Waals surface area contributed by atoms with Gasteiger partial charge >= 0.3 is 5.97 Å². The maximum absolute atomic E-state index is 11.0. The van der Waals surface area contributed by atoms with Crippen molar-refractivity contribution in [1.82, 2.24) is 0 Å². The van der Waals surface area contributed by atoms with E-state index < -0.39 is 10.9 Å². The predicted octanol–water partition coefficient (Wildman–Crippen LogP) is 2.68. The van der Waals surface area contributed by atoms with Gasteiger partial charge in [0.25, 0.3) is 5.69 Å². The monoisotopic (exact) mass is 276 g/mol. The van der Waals surface area contributed by atoms with Gasteiger partial charge in [0.2, 0.25) is 0 Å². The zero-order valence-electron chi connectivity index (χ0n) is 11.2. The highest BCUT2D eigenvalue weighted by Gasteiger charge is 2.24. The van der Waals surface area contributed by atoms with Crippen molar-refractivity contribution in [1.29, 1.82) is 0 Å². The lowest BCUT2D eigenvalue weighted by Crippen LogP contribution is -2.35. The SMILES string of the molecule is CC1C=Cc2c(cccc2[N+](=O)[O-])N1CCCC(=O)O. The van der Waals surface area contributed by atoms with Crippen LogP contribution < -0.4 is 4.90 Å². The summed E-state index contributed by atoms with van der Waals surface area (Å²) in [4.78, 5) is 23.2. The summed E-state index contributed by atoms with van der Waals surface area (Å²) < 4.78 is 0.